The third-order valence-corrected chi connectivity index (χ3v) is 1.98. The molecule has 1 aromatic rings. The van der Waals surface area contributed by atoms with Gasteiger partial charge in [-0.15, -0.1) is 0 Å². The Bertz CT molecular complexity index is 325. The second-order valence-electron chi connectivity index (χ2n) is 2.54. The Balaban J connectivity index is 2.83. The molecule has 0 aliphatic carbocycles. The second kappa shape index (κ2) is 4.53. The Hall–Kier alpha value is -0.670. The molecule has 13 heavy (non-hydrogen) atoms. The van der Waals surface area contributed by atoms with Gasteiger partial charge in [-0.3, -0.25) is 4.79 Å². The summed E-state index contributed by atoms with van der Waals surface area (Å²) in [5.74, 6) is 0.236. The number of esters is 1. The first-order valence-corrected chi connectivity index (χ1v) is 4.72. The Morgan fingerprint density at radius 1 is 1.62 bits per heavy atom. The third-order valence-electron chi connectivity index (χ3n) is 1.49. The summed E-state index contributed by atoms with van der Waals surface area (Å²) in [6.07, 6.45) is 0. The molecule has 1 aromatic carbocycles. The van der Waals surface area contributed by atoms with Crippen molar-refractivity contribution >= 4 is 30.2 Å². The van der Waals surface area contributed by atoms with Gasteiger partial charge >= 0.3 is 5.97 Å². The monoisotopic (exact) mass is 216 g/mol. The van der Waals surface area contributed by atoms with Gasteiger partial charge in [0.25, 0.3) is 0 Å². The number of halogens is 1. The van der Waals surface area contributed by atoms with Crippen LogP contribution in [0.25, 0.3) is 0 Å². The van der Waals surface area contributed by atoms with Crippen LogP contribution in [-0.2, 0) is 4.79 Å². The highest BCUT2D eigenvalue weighted by Crippen LogP contribution is 2.21. The Kier molecular flexibility index (Phi) is 3.63. The Morgan fingerprint density at radius 3 is 2.85 bits per heavy atom. The number of ether oxygens (including phenoxy) is 1. The fourth-order valence-corrected chi connectivity index (χ4v) is 1.17. The van der Waals surface area contributed by atoms with Crippen LogP contribution in [0.1, 0.15) is 5.56 Å². The lowest BCUT2D eigenvalue weighted by molar-refractivity contribution is -0.131. The van der Waals surface area contributed by atoms with Gasteiger partial charge in [0.15, 0.2) is 0 Å². The molecule has 0 amide bonds. The lowest BCUT2D eigenvalue weighted by atomic mass is 10.2. The Morgan fingerprint density at radius 2 is 2.31 bits per heavy atom. The summed E-state index contributed by atoms with van der Waals surface area (Å²) in [7, 11) is 0. The standard InChI is InChI=1S/C9H9ClO2S/c1-6-4-7(10)2-3-8(6)12-9(11)5-13/h2-4,13H,5H2,1H3. The highest BCUT2D eigenvalue weighted by molar-refractivity contribution is 7.81. The molecule has 0 bridgehead atoms. The van der Waals surface area contributed by atoms with E-state index in [0.29, 0.717) is 10.8 Å². The van der Waals surface area contributed by atoms with Crippen molar-refractivity contribution in [3.63, 3.8) is 0 Å². The minimum Gasteiger partial charge on any atom is -0.426 e. The van der Waals surface area contributed by atoms with Gasteiger partial charge < -0.3 is 4.74 Å². The van der Waals surface area contributed by atoms with Gasteiger partial charge in [0.2, 0.25) is 0 Å². The first-order valence-electron chi connectivity index (χ1n) is 3.71. The zero-order chi connectivity index (χ0) is 9.84. The van der Waals surface area contributed by atoms with E-state index in [1.54, 1.807) is 18.2 Å². The molecule has 0 spiro atoms. The van der Waals surface area contributed by atoms with Crippen molar-refractivity contribution < 1.29 is 9.53 Å². The minimum absolute atomic E-state index is 0.0715. The van der Waals surface area contributed by atoms with Crippen LogP contribution in [0.2, 0.25) is 5.02 Å². The highest BCUT2D eigenvalue weighted by Gasteiger charge is 2.04. The second-order valence-corrected chi connectivity index (χ2v) is 3.29. The van der Waals surface area contributed by atoms with Crippen LogP contribution in [0.15, 0.2) is 18.2 Å². The van der Waals surface area contributed by atoms with E-state index in [1.165, 1.54) is 0 Å². The van der Waals surface area contributed by atoms with E-state index in [4.69, 9.17) is 16.3 Å². The average molecular weight is 217 g/mol. The molecular weight excluding hydrogens is 208 g/mol. The van der Waals surface area contributed by atoms with Crippen molar-refractivity contribution in [2.75, 3.05) is 5.75 Å². The van der Waals surface area contributed by atoms with Crippen LogP contribution in [0, 0.1) is 6.92 Å². The first-order chi connectivity index (χ1) is 6.13. The largest absolute Gasteiger partial charge is 0.426 e. The van der Waals surface area contributed by atoms with Crippen molar-refractivity contribution in [1.82, 2.24) is 0 Å². The van der Waals surface area contributed by atoms with Crippen molar-refractivity contribution in [3.8, 4) is 5.75 Å². The summed E-state index contributed by atoms with van der Waals surface area (Å²) in [5, 5.41) is 0.628. The topological polar surface area (TPSA) is 26.3 Å². The highest BCUT2D eigenvalue weighted by atomic mass is 35.5. The molecule has 0 saturated carbocycles. The van der Waals surface area contributed by atoms with E-state index in [-0.39, 0.29) is 11.7 Å². The quantitative estimate of drug-likeness (QED) is 0.467. The molecule has 2 nitrogen and oxygen atoms in total. The number of benzene rings is 1. The molecule has 0 aromatic heterocycles. The van der Waals surface area contributed by atoms with Crippen molar-refractivity contribution in [2.45, 2.75) is 6.92 Å². The van der Waals surface area contributed by atoms with Gasteiger partial charge in [-0.05, 0) is 30.7 Å². The lowest BCUT2D eigenvalue weighted by Crippen LogP contribution is -2.09. The number of aryl methyl sites for hydroxylation is 1. The molecule has 0 heterocycles. The van der Waals surface area contributed by atoms with E-state index in [0.717, 1.165) is 5.56 Å². The SMILES string of the molecule is Cc1cc(Cl)ccc1OC(=O)CS. The van der Waals surface area contributed by atoms with Gasteiger partial charge in [0.05, 0.1) is 5.75 Å². The van der Waals surface area contributed by atoms with Crippen LogP contribution < -0.4 is 4.74 Å². The number of thiol groups is 1. The smallest absolute Gasteiger partial charge is 0.321 e. The van der Waals surface area contributed by atoms with Crippen LogP contribution in [0.3, 0.4) is 0 Å². The maximum atomic E-state index is 10.9. The summed E-state index contributed by atoms with van der Waals surface area (Å²) in [6, 6.07) is 5.08. The van der Waals surface area contributed by atoms with Gasteiger partial charge in [-0.25, -0.2) is 0 Å². The first kappa shape index (κ1) is 10.4. The molecule has 0 N–H and O–H groups in total. The van der Waals surface area contributed by atoms with E-state index >= 15 is 0 Å². The number of hydrogen-bond acceptors (Lipinski definition) is 3. The normalized spacial score (nSPS) is 9.77. The lowest BCUT2D eigenvalue weighted by Gasteiger charge is -2.05. The zero-order valence-electron chi connectivity index (χ0n) is 7.08. The van der Waals surface area contributed by atoms with Crippen LogP contribution in [-0.4, -0.2) is 11.7 Å². The average Bonchev–Trinajstić information content (AvgIpc) is 2.09. The van der Waals surface area contributed by atoms with Gasteiger partial charge in [-0.2, -0.15) is 12.6 Å². The van der Waals surface area contributed by atoms with Gasteiger partial charge in [-0.1, -0.05) is 11.6 Å². The summed E-state index contributed by atoms with van der Waals surface area (Å²) in [5.41, 5.74) is 0.836. The van der Waals surface area contributed by atoms with Crippen molar-refractivity contribution in [3.05, 3.63) is 28.8 Å². The molecule has 0 radical (unpaired) electrons. The molecule has 0 atom stereocenters. The van der Waals surface area contributed by atoms with E-state index in [2.05, 4.69) is 12.6 Å². The molecule has 1 rings (SSSR count). The van der Waals surface area contributed by atoms with Crippen LogP contribution in [0.4, 0.5) is 0 Å². The molecule has 4 heteroatoms. The number of carbonyl (C=O) groups is 1. The number of rotatable bonds is 2. The fraction of sp³-hybridized carbons (Fsp3) is 0.222. The van der Waals surface area contributed by atoms with Crippen molar-refractivity contribution in [2.24, 2.45) is 0 Å². The maximum Gasteiger partial charge on any atom is 0.321 e. The van der Waals surface area contributed by atoms with E-state index in [9.17, 15) is 4.79 Å². The summed E-state index contributed by atoms with van der Waals surface area (Å²) in [6.45, 7) is 1.83. The predicted molar refractivity (Wildman–Crippen MR) is 55.7 cm³/mol. The molecular formula is C9H9ClO2S. The molecule has 0 saturated heterocycles. The molecule has 70 valence electrons. The maximum absolute atomic E-state index is 10.9. The third kappa shape index (κ3) is 2.94. The molecule has 0 aliphatic rings. The summed E-state index contributed by atoms with van der Waals surface area (Å²) < 4.78 is 4.98. The number of carbonyl (C=O) groups excluding carboxylic acids is 1. The van der Waals surface area contributed by atoms with Crippen LogP contribution in [0.5, 0.6) is 5.75 Å². The van der Waals surface area contributed by atoms with E-state index < -0.39 is 0 Å². The summed E-state index contributed by atoms with van der Waals surface area (Å²) >= 11 is 9.53. The van der Waals surface area contributed by atoms with Gasteiger partial charge in [0, 0.05) is 5.02 Å². The zero-order valence-corrected chi connectivity index (χ0v) is 8.73. The van der Waals surface area contributed by atoms with Crippen molar-refractivity contribution in [1.29, 1.82) is 0 Å². The number of hydrogen-bond donors (Lipinski definition) is 1. The van der Waals surface area contributed by atoms with E-state index in [1.807, 2.05) is 6.92 Å². The van der Waals surface area contributed by atoms with Crippen LogP contribution >= 0.6 is 24.2 Å². The minimum atomic E-state index is -0.367. The van der Waals surface area contributed by atoms with Gasteiger partial charge in [0.1, 0.15) is 5.75 Å². The fourth-order valence-electron chi connectivity index (χ4n) is 0.882. The molecule has 0 fully saturated rings. The summed E-state index contributed by atoms with van der Waals surface area (Å²) in [4.78, 5) is 10.9. The predicted octanol–water partition coefficient (Wildman–Crippen LogP) is 2.48. The Labute approximate surface area is 87.3 Å². The molecule has 0 aliphatic heterocycles. The molecule has 0 unspecified atom stereocenters.